The van der Waals surface area contributed by atoms with E-state index in [0.29, 0.717) is 24.9 Å². The topological polar surface area (TPSA) is 66.0 Å². The summed E-state index contributed by atoms with van der Waals surface area (Å²) in [6, 6.07) is 27.4. The van der Waals surface area contributed by atoms with E-state index in [0.717, 1.165) is 28.2 Å². The van der Waals surface area contributed by atoms with Crippen LogP contribution in [0.25, 0.3) is 22.5 Å². The number of rotatable bonds is 6. The van der Waals surface area contributed by atoms with Gasteiger partial charge in [-0.15, -0.1) is 10.2 Å². The Morgan fingerprint density at radius 3 is 2.34 bits per heavy atom. The molecule has 2 aromatic heterocycles. The summed E-state index contributed by atoms with van der Waals surface area (Å²) in [5, 5.41) is 8.42. The van der Waals surface area contributed by atoms with E-state index in [2.05, 4.69) is 14.8 Å². The maximum Gasteiger partial charge on any atom is 0.247 e. The normalized spacial score (nSPS) is 11.0. The molecule has 0 radical (unpaired) electrons. The second-order valence-electron chi connectivity index (χ2n) is 6.57. The van der Waals surface area contributed by atoms with Gasteiger partial charge in [-0.05, 0) is 36.4 Å². The molecule has 0 saturated carbocycles. The molecule has 0 aliphatic heterocycles. The van der Waals surface area contributed by atoms with Crippen molar-refractivity contribution in [1.82, 2.24) is 19.7 Å². The number of ether oxygens (including phenoxy) is 1. The Labute approximate surface area is 167 Å². The second-order valence-corrected chi connectivity index (χ2v) is 6.57. The predicted molar refractivity (Wildman–Crippen MR) is 109 cm³/mol. The summed E-state index contributed by atoms with van der Waals surface area (Å²) in [5.74, 6) is 2.63. The van der Waals surface area contributed by atoms with E-state index >= 15 is 0 Å². The van der Waals surface area contributed by atoms with Gasteiger partial charge in [0.15, 0.2) is 0 Å². The Morgan fingerprint density at radius 1 is 0.793 bits per heavy atom. The van der Waals surface area contributed by atoms with Crippen molar-refractivity contribution in [2.75, 3.05) is 0 Å². The van der Waals surface area contributed by atoms with Crippen molar-refractivity contribution in [3.05, 3.63) is 96.6 Å². The maximum absolute atomic E-state index is 5.92. The highest BCUT2D eigenvalue weighted by Gasteiger charge is 2.15. The smallest absolute Gasteiger partial charge is 0.247 e. The summed E-state index contributed by atoms with van der Waals surface area (Å²) in [6.07, 6.45) is 0. The fourth-order valence-corrected chi connectivity index (χ4v) is 3.23. The van der Waals surface area contributed by atoms with Gasteiger partial charge in [-0.1, -0.05) is 48.5 Å². The molecular formula is C23H18N4O2. The number of hydrogen-bond donors (Lipinski definition) is 0. The van der Waals surface area contributed by atoms with Crippen LogP contribution in [0.3, 0.4) is 0 Å². The number of fused-ring (bicyclic) bond motifs is 1. The van der Waals surface area contributed by atoms with Crippen molar-refractivity contribution in [2.45, 2.75) is 13.2 Å². The Hall–Kier alpha value is -3.93. The SMILES string of the molecule is c1ccc(OCc2nc3ccccc3n2Cc2nnc(-c3ccccc3)o2)cc1. The number of nitrogens with zero attached hydrogens (tertiary/aromatic N) is 4. The van der Waals surface area contributed by atoms with E-state index in [1.54, 1.807) is 0 Å². The van der Waals surface area contributed by atoms with Crippen LogP contribution in [-0.2, 0) is 13.2 Å². The molecule has 0 spiro atoms. The highest BCUT2D eigenvalue weighted by Crippen LogP contribution is 2.22. The van der Waals surface area contributed by atoms with Crippen molar-refractivity contribution >= 4 is 11.0 Å². The van der Waals surface area contributed by atoms with Crippen LogP contribution >= 0.6 is 0 Å². The average Bonchev–Trinajstić information content (AvgIpc) is 3.39. The van der Waals surface area contributed by atoms with Gasteiger partial charge in [0, 0.05) is 5.56 Å². The van der Waals surface area contributed by atoms with Gasteiger partial charge in [0.25, 0.3) is 0 Å². The molecule has 0 bridgehead atoms. The summed E-state index contributed by atoms with van der Waals surface area (Å²) in [6.45, 7) is 0.770. The molecule has 142 valence electrons. The molecule has 0 unspecified atom stereocenters. The highest BCUT2D eigenvalue weighted by atomic mass is 16.5. The minimum atomic E-state index is 0.346. The third-order valence-corrected chi connectivity index (χ3v) is 4.63. The highest BCUT2D eigenvalue weighted by molar-refractivity contribution is 5.76. The van der Waals surface area contributed by atoms with Gasteiger partial charge < -0.3 is 13.7 Å². The zero-order valence-corrected chi connectivity index (χ0v) is 15.6. The van der Waals surface area contributed by atoms with Crippen LogP contribution in [-0.4, -0.2) is 19.7 Å². The summed E-state index contributed by atoms with van der Waals surface area (Å²) in [5.41, 5.74) is 2.80. The summed E-state index contributed by atoms with van der Waals surface area (Å²) < 4.78 is 13.9. The molecule has 5 rings (SSSR count). The van der Waals surface area contributed by atoms with Crippen LogP contribution in [0.2, 0.25) is 0 Å². The van der Waals surface area contributed by atoms with Crippen molar-refractivity contribution in [3.63, 3.8) is 0 Å². The Balaban J connectivity index is 1.45. The molecule has 0 fully saturated rings. The Bertz CT molecular complexity index is 1230. The number of hydrogen-bond acceptors (Lipinski definition) is 5. The van der Waals surface area contributed by atoms with Crippen LogP contribution in [0, 0.1) is 0 Å². The van der Waals surface area contributed by atoms with Gasteiger partial charge in [0.1, 0.15) is 24.7 Å². The zero-order valence-electron chi connectivity index (χ0n) is 15.6. The fraction of sp³-hybridized carbons (Fsp3) is 0.0870. The number of benzene rings is 3. The zero-order chi connectivity index (χ0) is 19.5. The second kappa shape index (κ2) is 7.59. The molecule has 5 aromatic rings. The van der Waals surface area contributed by atoms with Crippen molar-refractivity contribution < 1.29 is 9.15 Å². The summed E-state index contributed by atoms with van der Waals surface area (Å²) >= 11 is 0. The van der Waals surface area contributed by atoms with E-state index in [1.165, 1.54) is 0 Å². The van der Waals surface area contributed by atoms with Gasteiger partial charge in [-0.3, -0.25) is 0 Å². The predicted octanol–water partition coefficient (Wildman–Crippen LogP) is 4.71. The lowest BCUT2D eigenvalue weighted by atomic mass is 10.2. The first kappa shape index (κ1) is 17.2. The van der Waals surface area contributed by atoms with E-state index in [-0.39, 0.29) is 0 Å². The third-order valence-electron chi connectivity index (χ3n) is 4.63. The lowest BCUT2D eigenvalue weighted by molar-refractivity contribution is 0.290. The molecule has 2 heterocycles. The van der Waals surface area contributed by atoms with Crippen LogP contribution < -0.4 is 4.74 Å². The van der Waals surface area contributed by atoms with Gasteiger partial charge in [-0.25, -0.2) is 4.98 Å². The monoisotopic (exact) mass is 382 g/mol. The first-order valence-corrected chi connectivity index (χ1v) is 9.36. The van der Waals surface area contributed by atoms with Gasteiger partial charge in [0.2, 0.25) is 11.8 Å². The number of imidazole rings is 1. The summed E-state index contributed by atoms with van der Waals surface area (Å²) in [4.78, 5) is 4.74. The van der Waals surface area contributed by atoms with Crippen molar-refractivity contribution in [2.24, 2.45) is 0 Å². The van der Waals surface area contributed by atoms with E-state index in [1.807, 2.05) is 84.9 Å². The molecular weight excluding hydrogens is 364 g/mol. The van der Waals surface area contributed by atoms with E-state index in [9.17, 15) is 0 Å². The minimum absolute atomic E-state index is 0.346. The molecule has 6 heteroatoms. The van der Waals surface area contributed by atoms with E-state index in [4.69, 9.17) is 14.1 Å². The van der Waals surface area contributed by atoms with E-state index < -0.39 is 0 Å². The van der Waals surface area contributed by atoms with Gasteiger partial charge >= 0.3 is 0 Å². The first-order chi connectivity index (χ1) is 14.4. The third kappa shape index (κ3) is 3.60. The van der Waals surface area contributed by atoms with Crippen LogP contribution in [0.1, 0.15) is 11.7 Å². The average molecular weight is 382 g/mol. The minimum Gasteiger partial charge on any atom is -0.486 e. The standard InChI is InChI=1S/C23H18N4O2/c1-3-9-17(10-4-1)23-26-25-22(29-23)15-27-20-14-8-7-13-19(20)24-21(27)16-28-18-11-5-2-6-12-18/h1-14H,15-16H2. The molecule has 29 heavy (non-hydrogen) atoms. The lowest BCUT2D eigenvalue weighted by Gasteiger charge is -2.08. The molecule has 6 nitrogen and oxygen atoms in total. The Kier molecular flexibility index (Phi) is 4.50. The molecule has 0 aliphatic carbocycles. The molecule has 0 N–H and O–H groups in total. The molecule has 0 aliphatic rings. The van der Waals surface area contributed by atoms with Crippen LogP contribution in [0.4, 0.5) is 0 Å². The van der Waals surface area contributed by atoms with Crippen LogP contribution in [0.5, 0.6) is 5.75 Å². The summed E-state index contributed by atoms with van der Waals surface area (Å²) in [7, 11) is 0. The molecule has 0 amide bonds. The Morgan fingerprint density at radius 2 is 1.52 bits per heavy atom. The maximum atomic E-state index is 5.92. The number of aromatic nitrogens is 4. The molecule has 0 atom stereocenters. The number of para-hydroxylation sites is 3. The van der Waals surface area contributed by atoms with Gasteiger partial charge in [-0.2, -0.15) is 0 Å². The largest absolute Gasteiger partial charge is 0.486 e. The molecule has 0 saturated heterocycles. The first-order valence-electron chi connectivity index (χ1n) is 9.36. The fourth-order valence-electron chi connectivity index (χ4n) is 3.23. The quantitative estimate of drug-likeness (QED) is 0.425. The van der Waals surface area contributed by atoms with Crippen LogP contribution in [0.15, 0.2) is 89.3 Å². The lowest BCUT2D eigenvalue weighted by Crippen LogP contribution is -2.08. The molecule has 3 aromatic carbocycles. The van der Waals surface area contributed by atoms with Crippen molar-refractivity contribution in [1.29, 1.82) is 0 Å². The van der Waals surface area contributed by atoms with Gasteiger partial charge in [0.05, 0.1) is 11.0 Å². The van der Waals surface area contributed by atoms with Crippen molar-refractivity contribution in [3.8, 4) is 17.2 Å².